The molecule has 1 N–H and O–H groups in total. The average Bonchev–Trinajstić information content (AvgIpc) is 2.87. The minimum absolute atomic E-state index is 0.126. The number of carbonyl (C=O) groups excluding carboxylic acids is 2. The molecule has 178 valence electrons. The van der Waals surface area contributed by atoms with Gasteiger partial charge in [-0.3, -0.25) is 9.59 Å². The van der Waals surface area contributed by atoms with Gasteiger partial charge in [0.2, 0.25) is 11.8 Å². The summed E-state index contributed by atoms with van der Waals surface area (Å²) in [7, 11) is 3.16. The summed E-state index contributed by atoms with van der Waals surface area (Å²) in [5.41, 5.74) is 2.36. The summed E-state index contributed by atoms with van der Waals surface area (Å²) in [6.45, 7) is 0.251. The molecule has 0 aliphatic carbocycles. The van der Waals surface area contributed by atoms with E-state index in [-0.39, 0.29) is 29.9 Å². The SMILES string of the molecule is CNC(=O)[C@H](Cc1ccccc1)N(Cc1cccc(OC)c1)C(=O)CSCc1ccccc1F. The van der Waals surface area contributed by atoms with Crippen molar-refractivity contribution in [3.05, 3.63) is 101 Å². The minimum Gasteiger partial charge on any atom is -0.497 e. The maximum atomic E-state index is 14.0. The van der Waals surface area contributed by atoms with Crippen LogP contribution in [0.1, 0.15) is 16.7 Å². The van der Waals surface area contributed by atoms with Gasteiger partial charge in [-0.1, -0.05) is 60.7 Å². The average molecular weight is 481 g/mol. The van der Waals surface area contributed by atoms with Crippen LogP contribution in [0.15, 0.2) is 78.9 Å². The number of thioether (sulfide) groups is 1. The summed E-state index contributed by atoms with van der Waals surface area (Å²) in [5.74, 6) is 0.462. The first kappa shape index (κ1) is 25.3. The predicted molar refractivity (Wildman–Crippen MR) is 134 cm³/mol. The van der Waals surface area contributed by atoms with Crippen molar-refractivity contribution in [2.45, 2.75) is 24.8 Å². The van der Waals surface area contributed by atoms with E-state index in [0.717, 1.165) is 11.1 Å². The number of carbonyl (C=O) groups is 2. The van der Waals surface area contributed by atoms with E-state index < -0.39 is 6.04 Å². The third-order valence-corrected chi connectivity index (χ3v) is 6.41. The molecule has 0 radical (unpaired) electrons. The van der Waals surface area contributed by atoms with E-state index in [4.69, 9.17) is 4.74 Å². The number of hydrogen-bond acceptors (Lipinski definition) is 4. The monoisotopic (exact) mass is 480 g/mol. The Morgan fingerprint density at radius 2 is 1.71 bits per heavy atom. The van der Waals surface area contributed by atoms with Crippen molar-refractivity contribution in [3.8, 4) is 5.75 Å². The van der Waals surface area contributed by atoms with Crippen molar-refractivity contribution in [1.29, 1.82) is 0 Å². The fraction of sp³-hybridized carbons (Fsp3) is 0.259. The Bertz CT molecular complexity index is 1090. The normalized spacial score (nSPS) is 11.5. The number of halogens is 1. The number of hydrogen-bond donors (Lipinski definition) is 1. The highest BCUT2D eigenvalue weighted by atomic mass is 32.2. The van der Waals surface area contributed by atoms with Gasteiger partial charge in [-0.25, -0.2) is 4.39 Å². The summed E-state index contributed by atoms with van der Waals surface area (Å²) in [4.78, 5) is 28.0. The maximum Gasteiger partial charge on any atom is 0.242 e. The first-order chi connectivity index (χ1) is 16.5. The Labute approximate surface area is 204 Å². The van der Waals surface area contributed by atoms with Gasteiger partial charge in [0.1, 0.15) is 17.6 Å². The lowest BCUT2D eigenvalue weighted by atomic mass is 10.0. The molecule has 3 aromatic carbocycles. The molecule has 0 bridgehead atoms. The van der Waals surface area contributed by atoms with Gasteiger partial charge in [0.05, 0.1) is 12.9 Å². The zero-order valence-corrected chi connectivity index (χ0v) is 20.2. The fourth-order valence-corrected chi connectivity index (χ4v) is 4.53. The van der Waals surface area contributed by atoms with E-state index in [0.29, 0.717) is 23.5 Å². The first-order valence-corrected chi connectivity index (χ1v) is 12.2. The van der Waals surface area contributed by atoms with Crippen molar-refractivity contribution in [2.75, 3.05) is 19.9 Å². The summed E-state index contributed by atoms with van der Waals surface area (Å²) >= 11 is 1.33. The van der Waals surface area contributed by atoms with Crippen molar-refractivity contribution in [1.82, 2.24) is 10.2 Å². The van der Waals surface area contributed by atoms with Gasteiger partial charge >= 0.3 is 0 Å². The van der Waals surface area contributed by atoms with Gasteiger partial charge in [-0.15, -0.1) is 11.8 Å². The van der Waals surface area contributed by atoms with E-state index >= 15 is 0 Å². The molecule has 0 saturated heterocycles. The van der Waals surface area contributed by atoms with Crippen LogP contribution in [0.4, 0.5) is 4.39 Å². The third kappa shape index (κ3) is 7.09. The third-order valence-electron chi connectivity index (χ3n) is 5.45. The van der Waals surface area contributed by atoms with E-state index in [2.05, 4.69) is 5.32 Å². The zero-order chi connectivity index (χ0) is 24.3. The maximum absolute atomic E-state index is 14.0. The van der Waals surface area contributed by atoms with E-state index in [1.807, 2.05) is 54.6 Å². The lowest BCUT2D eigenvalue weighted by molar-refractivity contribution is -0.139. The van der Waals surface area contributed by atoms with Gasteiger partial charge in [-0.05, 0) is 34.9 Å². The van der Waals surface area contributed by atoms with Crippen molar-refractivity contribution >= 4 is 23.6 Å². The molecule has 3 rings (SSSR count). The molecular formula is C27H29FN2O3S. The molecule has 3 aromatic rings. The Morgan fingerprint density at radius 3 is 2.41 bits per heavy atom. The van der Waals surface area contributed by atoms with Crippen LogP contribution in [0.25, 0.3) is 0 Å². The summed E-state index contributed by atoms with van der Waals surface area (Å²) in [5, 5.41) is 2.70. The largest absolute Gasteiger partial charge is 0.497 e. The second-order valence-corrected chi connectivity index (χ2v) is 8.76. The molecule has 1 atom stereocenters. The molecule has 7 heteroatoms. The van der Waals surface area contributed by atoms with E-state index in [1.165, 1.54) is 17.8 Å². The molecule has 0 saturated carbocycles. The highest BCUT2D eigenvalue weighted by molar-refractivity contribution is 7.99. The Hall–Kier alpha value is -3.32. The van der Waals surface area contributed by atoms with Crippen LogP contribution in [0.2, 0.25) is 0 Å². The lowest BCUT2D eigenvalue weighted by Gasteiger charge is -2.31. The van der Waals surface area contributed by atoms with E-state index in [9.17, 15) is 14.0 Å². The molecule has 0 aliphatic rings. The van der Waals surface area contributed by atoms with Crippen LogP contribution >= 0.6 is 11.8 Å². The predicted octanol–water partition coefficient (Wildman–Crippen LogP) is 4.45. The van der Waals surface area contributed by atoms with Gasteiger partial charge < -0.3 is 15.0 Å². The Kier molecular flexibility index (Phi) is 9.52. The zero-order valence-electron chi connectivity index (χ0n) is 19.4. The van der Waals surface area contributed by atoms with Crippen LogP contribution in [0, 0.1) is 5.82 Å². The van der Waals surface area contributed by atoms with E-state index in [1.54, 1.807) is 37.3 Å². The number of benzene rings is 3. The summed E-state index contributed by atoms with van der Waals surface area (Å²) < 4.78 is 19.3. The molecule has 34 heavy (non-hydrogen) atoms. The molecule has 0 aliphatic heterocycles. The van der Waals surface area contributed by atoms with Gasteiger partial charge in [-0.2, -0.15) is 0 Å². The standard InChI is InChI=1S/C27H29FN2O3S/c1-29-27(32)25(16-20-9-4-3-5-10-20)30(17-21-11-8-13-23(15-21)33-2)26(31)19-34-18-22-12-6-7-14-24(22)28/h3-15,25H,16-19H2,1-2H3,(H,29,32)/t25-/m0/s1. The molecule has 0 fully saturated rings. The molecule has 0 heterocycles. The quantitative estimate of drug-likeness (QED) is 0.441. The molecular weight excluding hydrogens is 451 g/mol. The van der Waals surface area contributed by atoms with Crippen LogP contribution in [-0.4, -0.2) is 42.7 Å². The topological polar surface area (TPSA) is 58.6 Å². The highest BCUT2D eigenvalue weighted by Crippen LogP contribution is 2.21. The minimum atomic E-state index is -0.694. The fourth-order valence-electron chi connectivity index (χ4n) is 3.63. The molecule has 0 unspecified atom stereocenters. The second-order valence-electron chi connectivity index (χ2n) is 7.78. The molecule has 2 amide bonds. The number of nitrogens with zero attached hydrogens (tertiary/aromatic N) is 1. The van der Waals surface area contributed by atoms with Crippen molar-refractivity contribution < 1.29 is 18.7 Å². The highest BCUT2D eigenvalue weighted by Gasteiger charge is 2.29. The smallest absolute Gasteiger partial charge is 0.242 e. The number of rotatable bonds is 11. The van der Waals surface area contributed by atoms with Crippen molar-refractivity contribution in [3.63, 3.8) is 0 Å². The molecule has 0 spiro atoms. The number of likely N-dealkylation sites (N-methyl/N-ethyl adjacent to an activating group) is 1. The Morgan fingerprint density at radius 1 is 1.00 bits per heavy atom. The second kappa shape index (κ2) is 12.8. The Balaban J connectivity index is 1.83. The van der Waals surface area contributed by atoms with Crippen molar-refractivity contribution in [2.24, 2.45) is 0 Å². The summed E-state index contributed by atoms with van der Waals surface area (Å²) in [6, 6.07) is 22.9. The lowest BCUT2D eigenvalue weighted by Crippen LogP contribution is -2.50. The van der Waals surface area contributed by atoms with Crippen LogP contribution in [-0.2, 0) is 28.3 Å². The molecule has 0 aromatic heterocycles. The molecule has 5 nitrogen and oxygen atoms in total. The number of ether oxygens (including phenoxy) is 1. The number of amides is 2. The van der Waals surface area contributed by atoms with Crippen LogP contribution in [0.3, 0.4) is 0 Å². The first-order valence-electron chi connectivity index (χ1n) is 11.0. The van der Waals surface area contributed by atoms with Crippen LogP contribution in [0.5, 0.6) is 5.75 Å². The van der Waals surface area contributed by atoms with Gasteiger partial charge in [0.15, 0.2) is 0 Å². The summed E-state index contributed by atoms with van der Waals surface area (Å²) in [6.07, 6.45) is 0.383. The van der Waals surface area contributed by atoms with Gasteiger partial charge in [0, 0.05) is 25.8 Å². The number of methoxy groups -OCH3 is 1. The van der Waals surface area contributed by atoms with Crippen LogP contribution < -0.4 is 10.1 Å². The number of nitrogens with one attached hydrogen (secondary N) is 1. The van der Waals surface area contributed by atoms with Gasteiger partial charge in [0.25, 0.3) is 0 Å².